The van der Waals surface area contributed by atoms with Crippen molar-refractivity contribution in [3.05, 3.63) is 23.8 Å². The molecule has 0 radical (unpaired) electrons. The Morgan fingerprint density at radius 3 is 3.21 bits per heavy atom. The maximum Gasteiger partial charge on any atom is 0.225 e. The fourth-order valence-corrected chi connectivity index (χ4v) is 2.80. The van der Waals surface area contributed by atoms with Gasteiger partial charge in [0.05, 0.1) is 6.61 Å². The molecule has 1 atom stereocenters. The molecule has 2 aliphatic heterocycles. The Hall–Kier alpha value is -1.55. The third-order valence-corrected chi connectivity index (χ3v) is 3.79. The summed E-state index contributed by atoms with van der Waals surface area (Å²) in [6.07, 6.45) is 4.92. The minimum absolute atomic E-state index is 0.0936. The zero-order chi connectivity index (χ0) is 13.1. The first-order chi connectivity index (χ1) is 9.31. The summed E-state index contributed by atoms with van der Waals surface area (Å²) in [5.74, 6) is 1.05. The van der Waals surface area contributed by atoms with Crippen LogP contribution in [0, 0.1) is 0 Å². The van der Waals surface area contributed by atoms with Crippen LogP contribution in [-0.2, 0) is 11.2 Å². The van der Waals surface area contributed by atoms with Crippen molar-refractivity contribution in [3.63, 3.8) is 0 Å². The fourth-order valence-electron chi connectivity index (χ4n) is 2.80. The van der Waals surface area contributed by atoms with Crippen LogP contribution in [0.15, 0.2) is 18.2 Å². The molecule has 19 heavy (non-hydrogen) atoms. The summed E-state index contributed by atoms with van der Waals surface area (Å²) < 4.78 is 5.57. The summed E-state index contributed by atoms with van der Waals surface area (Å²) >= 11 is 0. The predicted molar refractivity (Wildman–Crippen MR) is 74.5 cm³/mol. The quantitative estimate of drug-likeness (QED) is 0.875. The Labute approximate surface area is 113 Å². The van der Waals surface area contributed by atoms with Crippen LogP contribution in [0.5, 0.6) is 5.75 Å². The van der Waals surface area contributed by atoms with E-state index < -0.39 is 0 Å². The van der Waals surface area contributed by atoms with Gasteiger partial charge in [-0.25, -0.2) is 0 Å². The van der Waals surface area contributed by atoms with E-state index in [9.17, 15) is 4.79 Å². The molecule has 1 aromatic rings. The molecule has 1 aromatic carbocycles. The van der Waals surface area contributed by atoms with Gasteiger partial charge in [0, 0.05) is 18.2 Å². The van der Waals surface area contributed by atoms with E-state index in [1.165, 1.54) is 12.0 Å². The Morgan fingerprint density at radius 2 is 2.37 bits per heavy atom. The standard InChI is InChI=1S/C15H20N2O2/c18-15(10-12-4-1-7-16-12)17-13-5-6-14-11(9-13)3-2-8-19-14/h5-6,9,12,16H,1-4,7-8,10H2,(H,17,18). The Balaban J connectivity index is 1.61. The number of benzene rings is 1. The van der Waals surface area contributed by atoms with Gasteiger partial charge in [0.1, 0.15) is 5.75 Å². The van der Waals surface area contributed by atoms with Gasteiger partial charge in [-0.15, -0.1) is 0 Å². The number of carbonyl (C=O) groups is 1. The number of ether oxygens (including phenoxy) is 1. The summed E-state index contributed by atoms with van der Waals surface area (Å²) in [5.41, 5.74) is 2.08. The highest BCUT2D eigenvalue weighted by Gasteiger charge is 2.18. The molecule has 0 aliphatic carbocycles. The van der Waals surface area contributed by atoms with E-state index >= 15 is 0 Å². The Kier molecular flexibility index (Phi) is 3.69. The molecule has 1 fully saturated rings. The number of hydrogen-bond donors (Lipinski definition) is 2. The third-order valence-electron chi connectivity index (χ3n) is 3.79. The summed E-state index contributed by atoms with van der Waals surface area (Å²) in [6, 6.07) is 6.26. The maximum atomic E-state index is 12.0. The second-order valence-electron chi connectivity index (χ2n) is 5.32. The zero-order valence-corrected chi connectivity index (χ0v) is 11.1. The average Bonchev–Trinajstić information content (AvgIpc) is 2.91. The van der Waals surface area contributed by atoms with E-state index in [0.717, 1.165) is 43.9 Å². The lowest BCUT2D eigenvalue weighted by atomic mass is 10.1. The molecule has 3 rings (SSSR count). The van der Waals surface area contributed by atoms with Gasteiger partial charge in [0.15, 0.2) is 0 Å². The van der Waals surface area contributed by atoms with Gasteiger partial charge in [-0.05, 0) is 56.0 Å². The summed E-state index contributed by atoms with van der Waals surface area (Å²) in [5, 5.41) is 6.33. The molecule has 4 heteroatoms. The van der Waals surface area contributed by atoms with E-state index in [2.05, 4.69) is 10.6 Å². The molecule has 2 N–H and O–H groups in total. The topological polar surface area (TPSA) is 50.4 Å². The van der Waals surface area contributed by atoms with Gasteiger partial charge in [-0.2, -0.15) is 0 Å². The first-order valence-corrected chi connectivity index (χ1v) is 7.10. The third kappa shape index (κ3) is 3.07. The van der Waals surface area contributed by atoms with Crippen molar-refractivity contribution < 1.29 is 9.53 Å². The van der Waals surface area contributed by atoms with Crippen LogP contribution >= 0.6 is 0 Å². The molecule has 102 valence electrons. The molecule has 4 nitrogen and oxygen atoms in total. The number of fused-ring (bicyclic) bond motifs is 1. The first kappa shape index (κ1) is 12.5. The molecule has 0 bridgehead atoms. The van der Waals surface area contributed by atoms with E-state index in [-0.39, 0.29) is 5.91 Å². The second kappa shape index (κ2) is 5.61. The smallest absolute Gasteiger partial charge is 0.225 e. The van der Waals surface area contributed by atoms with Gasteiger partial charge in [0.25, 0.3) is 0 Å². The average molecular weight is 260 g/mol. The van der Waals surface area contributed by atoms with Crippen LogP contribution in [0.25, 0.3) is 0 Å². The molecule has 1 saturated heterocycles. The maximum absolute atomic E-state index is 12.0. The zero-order valence-electron chi connectivity index (χ0n) is 11.1. The van der Waals surface area contributed by atoms with Gasteiger partial charge >= 0.3 is 0 Å². The molecule has 1 amide bonds. The first-order valence-electron chi connectivity index (χ1n) is 7.10. The summed E-state index contributed by atoms with van der Waals surface area (Å²) in [6.45, 7) is 1.83. The molecule has 2 aliphatic rings. The second-order valence-corrected chi connectivity index (χ2v) is 5.32. The number of rotatable bonds is 3. The Morgan fingerprint density at radius 1 is 1.42 bits per heavy atom. The monoisotopic (exact) mass is 260 g/mol. The highest BCUT2D eigenvalue weighted by molar-refractivity contribution is 5.91. The van der Waals surface area contributed by atoms with Crippen molar-refractivity contribution in [2.75, 3.05) is 18.5 Å². The molecule has 2 heterocycles. The number of nitrogens with one attached hydrogen (secondary N) is 2. The van der Waals surface area contributed by atoms with E-state index in [0.29, 0.717) is 12.5 Å². The van der Waals surface area contributed by atoms with Gasteiger partial charge in [-0.3, -0.25) is 4.79 Å². The molecule has 0 aromatic heterocycles. The normalized spacial score (nSPS) is 21.6. The molecular weight excluding hydrogens is 240 g/mol. The summed E-state index contributed by atoms with van der Waals surface area (Å²) in [7, 11) is 0. The fraction of sp³-hybridized carbons (Fsp3) is 0.533. The van der Waals surface area contributed by atoms with E-state index in [4.69, 9.17) is 4.74 Å². The van der Waals surface area contributed by atoms with Crippen molar-refractivity contribution in [2.24, 2.45) is 0 Å². The number of hydrogen-bond acceptors (Lipinski definition) is 3. The molecule has 0 saturated carbocycles. The minimum Gasteiger partial charge on any atom is -0.493 e. The molecular formula is C15H20N2O2. The largest absolute Gasteiger partial charge is 0.493 e. The number of amides is 1. The van der Waals surface area contributed by atoms with E-state index in [1.807, 2.05) is 18.2 Å². The number of aryl methyl sites for hydroxylation is 1. The van der Waals surface area contributed by atoms with E-state index in [1.54, 1.807) is 0 Å². The highest BCUT2D eigenvalue weighted by atomic mass is 16.5. The summed E-state index contributed by atoms with van der Waals surface area (Å²) in [4.78, 5) is 12.0. The van der Waals surface area contributed by atoms with Gasteiger partial charge in [-0.1, -0.05) is 0 Å². The highest BCUT2D eigenvalue weighted by Crippen LogP contribution is 2.27. The molecule has 1 unspecified atom stereocenters. The van der Waals surface area contributed by atoms with Crippen LogP contribution < -0.4 is 15.4 Å². The SMILES string of the molecule is O=C(CC1CCCN1)Nc1ccc2c(c1)CCCO2. The van der Waals surface area contributed by atoms with Gasteiger partial charge < -0.3 is 15.4 Å². The van der Waals surface area contributed by atoms with Crippen LogP contribution in [0.2, 0.25) is 0 Å². The van der Waals surface area contributed by atoms with Crippen molar-refractivity contribution in [1.29, 1.82) is 0 Å². The van der Waals surface area contributed by atoms with Crippen molar-refractivity contribution in [3.8, 4) is 5.75 Å². The minimum atomic E-state index is 0.0936. The van der Waals surface area contributed by atoms with Gasteiger partial charge in [0.2, 0.25) is 5.91 Å². The van der Waals surface area contributed by atoms with Crippen LogP contribution in [0.3, 0.4) is 0 Å². The van der Waals surface area contributed by atoms with Crippen molar-refractivity contribution >= 4 is 11.6 Å². The van der Waals surface area contributed by atoms with Crippen LogP contribution in [0.4, 0.5) is 5.69 Å². The molecule has 0 spiro atoms. The lowest BCUT2D eigenvalue weighted by molar-refractivity contribution is -0.116. The lowest BCUT2D eigenvalue weighted by Crippen LogP contribution is -2.27. The van der Waals surface area contributed by atoms with Crippen molar-refractivity contribution in [1.82, 2.24) is 5.32 Å². The lowest BCUT2D eigenvalue weighted by Gasteiger charge is -2.18. The number of carbonyl (C=O) groups excluding carboxylic acids is 1. The van der Waals surface area contributed by atoms with Crippen LogP contribution in [0.1, 0.15) is 31.2 Å². The van der Waals surface area contributed by atoms with Crippen molar-refractivity contribution in [2.45, 2.75) is 38.1 Å². The predicted octanol–water partition coefficient (Wildman–Crippen LogP) is 2.09. The Bertz CT molecular complexity index is 467. The number of anilines is 1. The van der Waals surface area contributed by atoms with Crippen LogP contribution in [-0.4, -0.2) is 25.1 Å².